The summed E-state index contributed by atoms with van der Waals surface area (Å²) in [6.07, 6.45) is 3.31. The molecule has 0 saturated carbocycles. The molecule has 0 spiro atoms. The van der Waals surface area contributed by atoms with E-state index in [-0.39, 0.29) is 24.1 Å². The lowest BCUT2D eigenvalue weighted by Crippen LogP contribution is -2.01. The summed E-state index contributed by atoms with van der Waals surface area (Å²) >= 11 is 0. The van der Waals surface area contributed by atoms with Crippen LogP contribution < -0.4 is 10.1 Å². The fraction of sp³-hybridized carbons (Fsp3) is 0.0455. The molecule has 168 valence electrons. The van der Waals surface area contributed by atoms with Crippen molar-refractivity contribution in [2.45, 2.75) is 6.61 Å². The van der Waals surface area contributed by atoms with Crippen LogP contribution in [0.1, 0.15) is 5.89 Å². The molecule has 0 radical (unpaired) electrons. The average Bonchev–Trinajstić information content (AvgIpc) is 3.56. The molecule has 0 bridgehead atoms. The van der Waals surface area contributed by atoms with E-state index in [9.17, 15) is 8.78 Å². The summed E-state index contributed by atoms with van der Waals surface area (Å²) in [5.74, 6) is -0.537. The van der Waals surface area contributed by atoms with Gasteiger partial charge in [0, 0.05) is 29.3 Å². The van der Waals surface area contributed by atoms with Gasteiger partial charge in [0.1, 0.15) is 23.1 Å². The van der Waals surface area contributed by atoms with E-state index in [1.165, 1.54) is 0 Å². The van der Waals surface area contributed by atoms with Crippen LogP contribution in [0.4, 0.5) is 20.3 Å². The molecular weight excluding hydrogens is 446 g/mol. The number of aromatic nitrogens is 7. The highest BCUT2D eigenvalue weighted by molar-refractivity contribution is 5.82. The number of halogens is 2. The van der Waals surface area contributed by atoms with E-state index in [1.54, 1.807) is 29.0 Å². The summed E-state index contributed by atoms with van der Waals surface area (Å²) in [5.41, 5.74) is 2.86. The topological polar surface area (TPSA) is 119 Å². The van der Waals surface area contributed by atoms with Gasteiger partial charge in [0.25, 0.3) is 5.89 Å². The molecule has 34 heavy (non-hydrogen) atoms. The molecule has 2 N–H and O–H groups in total. The van der Waals surface area contributed by atoms with E-state index < -0.39 is 11.6 Å². The highest BCUT2D eigenvalue weighted by Crippen LogP contribution is 2.23. The molecule has 0 aliphatic heterocycles. The van der Waals surface area contributed by atoms with Crippen LogP contribution >= 0.6 is 0 Å². The predicted molar refractivity (Wildman–Crippen MR) is 116 cm³/mol. The Labute approximate surface area is 189 Å². The third kappa shape index (κ3) is 3.77. The SMILES string of the molecule is Fc1cc(F)cc(OCc2nc(-c3cnc4ccc(Nc5ccc6[nH]ncc6c5)nn34)no2)c1. The van der Waals surface area contributed by atoms with Crippen molar-refractivity contribution >= 4 is 28.1 Å². The molecule has 0 fully saturated rings. The Kier molecular flexibility index (Phi) is 4.61. The van der Waals surface area contributed by atoms with Crippen LogP contribution in [0.2, 0.25) is 0 Å². The summed E-state index contributed by atoms with van der Waals surface area (Å²) in [7, 11) is 0. The Morgan fingerprint density at radius 3 is 2.79 bits per heavy atom. The standard InChI is InChI=1S/C22H14F2N8O2/c23-13-6-14(24)8-16(7-13)33-11-21-28-22(31-34-21)18-10-25-20-4-3-19(30-32(18)20)27-15-1-2-17-12(5-15)9-26-29-17/h1-10H,11H2,(H,26,29)(H,27,30). The highest BCUT2D eigenvalue weighted by atomic mass is 19.1. The molecule has 6 aromatic rings. The second-order valence-electron chi connectivity index (χ2n) is 7.33. The molecule has 4 heterocycles. The van der Waals surface area contributed by atoms with Crippen molar-refractivity contribution in [3.8, 4) is 17.3 Å². The van der Waals surface area contributed by atoms with Gasteiger partial charge < -0.3 is 14.6 Å². The highest BCUT2D eigenvalue weighted by Gasteiger charge is 2.15. The minimum absolute atomic E-state index is 0.0121. The molecule has 10 nitrogen and oxygen atoms in total. The van der Waals surface area contributed by atoms with Crippen LogP contribution in [0.25, 0.3) is 28.1 Å². The van der Waals surface area contributed by atoms with Crippen molar-refractivity contribution < 1.29 is 18.0 Å². The lowest BCUT2D eigenvalue weighted by Gasteiger charge is -2.06. The zero-order valence-corrected chi connectivity index (χ0v) is 17.2. The number of rotatable bonds is 6. The molecule has 0 aliphatic carbocycles. The predicted octanol–water partition coefficient (Wildman–Crippen LogP) is 4.26. The molecular formula is C22H14F2N8O2. The number of benzene rings is 2. The van der Waals surface area contributed by atoms with Crippen LogP contribution in [-0.4, -0.2) is 34.9 Å². The van der Waals surface area contributed by atoms with Crippen LogP contribution in [0.5, 0.6) is 5.75 Å². The number of nitrogens with zero attached hydrogens (tertiary/aromatic N) is 6. The normalized spacial score (nSPS) is 11.4. The van der Waals surface area contributed by atoms with Gasteiger partial charge in [-0.15, -0.1) is 5.10 Å². The van der Waals surface area contributed by atoms with Crippen molar-refractivity contribution in [3.05, 3.63) is 78.4 Å². The van der Waals surface area contributed by atoms with Gasteiger partial charge >= 0.3 is 0 Å². The first kappa shape index (κ1) is 19.8. The summed E-state index contributed by atoms with van der Waals surface area (Å²) in [5, 5.41) is 19.7. The fourth-order valence-electron chi connectivity index (χ4n) is 3.44. The minimum atomic E-state index is -0.743. The van der Waals surface area contributed by atoms with Gasteiger partial charge in [-0.1, -0.05) is 5.16 Å². The Morgan fingerprint density at radius 2 is 1.91 bits per heavy atom. The van der Waals surface area contributed by atoms with E-state index in [0.717, 1.165) is 34.8 Å². The van der Waals surface area contributed by atoms with E-state index in [1.807, 2.05) is 18.2 Å². The van der Waals surface area contributed by atoms with Crippen molar-refractivity contribution in [2.24, 2.45) is 0 Å². The molecule has 0 aliphatic rings. The molecule has 0 amide bonds. The number of ether oxygens (including phenoxy) is 1. The molecule has 2 aromatic carbocycles. The Bertz CT molecular complexity index is 1620. The fourth-order valence-corrected chi connectivity index (χ4v) is 3.44. The van der Waals surface area contributed by atoms with Crippen LogP contribution in [0.3, 0.4) is 0 Å². The van der Waals surface area contributed by atoms with Gasteiger partial charge in [-0.25, -0.2) is 18.3 Å². The number of H-pyrrole nitrogens is 1. The second-order valence-corrected chi connectivity index (χ2v) is 7.33. The number of anilines is 2. The van der Waals surface area contributed by atoms with Crippen LogP contribution in [-0.2, 0) is 6.61 Å². The Hall–Kier alpha value is -4.87. The third-order valence-corrected chi connectivity index (χ3v) is 4.97. The monoisotopic (exact) mass is 460 g/mol. The molecule has 4 aromatic heterocycles. The summed E-state index contributed by atoms with van der Waals surface area (Å²) in [6, 6.07) is 12.3. The lowest BCUT2D eigenvalue weighted by atomic mass is 10.2. The number of hydrogen-bond acceptors (Lipinski definition) is 8. The van der Waals surface area contributed by atoms with Crippen LogP contribution in [0, 0.1) is 11.6 Å². The number of fused-ring (bicyclic) bond motifs is 2. The van der Waals surface area contributed by atoms with E-state index in [2.05, 4.69) is 35.7 Å². The molecule has 0 saturated heterocycles. The van der Waals surface area contributed by atoms with Gasteiger partial charge in [-0.05, 0) is 30.3 Å². The van der Waals surface area contributed by atoms with Crippen molar-refractivity contribution in [2.75, 3.05) is 5.32 Å². The molecule has 0 atom stereocenters. The molecule has 12 heteroatoms. The summed E-state index contributed by atoms with van der Waals surface area (Å²) in [6.45, 7) is -0.163. The average molecular weight is 460 g/mol. The lowest BCUT2D eigenvalue weighted by molar-refractivity contribution is 0.241. The maximum Gasteiger partial charge on any atom is 0.264 e. The maximum absolute atomic E-state index is 13.3. The van der Waals surface area contributed by atoms with E-state index in [4.69, 9.17) is 9.26 Å². The third-order valence-electron chi connectivity index (χ3n) is 4.97. The number of aromatic amines is 1. The second kappa shape index (κ2) is 7.92. The molecule has 0 unspecified atom stereocenters. The molecule has 6 rings (SSSR count). The van der Waals surface area contributed by atoms with Gasteiger partial charge in [0.05, 0.1) is 17.9 Å². The van der Waals surface area contributed by atoms with Crippen molar-refractivity contribution in [1.82, 2.24) is 34.9 Å². The maximum atomic E-state index is 13.3. The smallest absolute Gasteiger partial charge is 0.264 e. The van der Waals surface area contributed by atoms with Gasteiger partial charge in [0.15, 0.2) is 18.1 Å². The number of nitrogens with one attached hydrogen (secondary N) is 2. The number of imidazole rings is 1. The first-order valence-corrected chi connectivity index (χ1v) is 10.1. The van der Waals surface area contributed by atoms with Gasteiger partial charge in [0.2, 0.25) is 5.82 Å². The Balaban J connectivity index is 1.23. The number of hydrogen-bond donors (Lipinski definition) is 2. The zero-order valence-electron chi connectivity index (χ0n) is 17.2. The zero-order chi connectivity index (χ0) is 23.1. The first-order valence-electron chi connectivity index (χ1n) is 10.1. The van der Waals surface area contributed by atoms with E-state index in [0.29, 0.717) is 17.2 Å². The first-order chi connectivity index (χ1) is 16.6. The van der Waals surface area contributed by atoms with Crippen LogP contribution in [0.15, 0.2) is 65.4 Å². The summed E-state index contributed by atoms with van der Waals surface area (Å²) < 4.78 is 38.8. The Morgan fingerprint density at radius 1 is 1.03 bits per heavy atom. The van der Waals surface area contributed by atoms with Gasteiger partial charge in [-0.2, -0.15) is 10.1 Å². The van der Waals surface area contributed by atoms with Gasteiger partial charge in [-0.3, -0.25) is 5.10 Å². The van der Waals surface area contributed by atoms with Crippen molar-refractivity contribution in [3.63, 3.8) is 0 Å². The van der Waals surface area contributed by atoms with E-state index >= 15 is 0 Å². The van der Waals surface area contributed by atoms with Crippen molar-refractivity contribution in [1.29, 1.82) is 0 Å². The summed E-state index contributed by atoms with van der Waals surface area (Å²) in [4.78, 5) is 8.61. The largest absolute Gasteiger partial charge is 0.484 e. The minimum Gasteiger partial charge on any atom is -0.484 e. The quantitative estimate of drug-likeness (QED) is 0.379.